The lowest BCUT2D eigenvalue weighted by molar-refractivity contribution is -0.200. The van der Waals surface area contributed by atoms with E-state index in [0.29, 0.717) is 0 Å². The zero-order valence-electron chi connectivity index (χ0n) is 8.74. The second-order valence-corrected chi connectivity index (χ2v) is 3.25. The highest BCUT2D eigenvalue weighted by Gasteiger charge is 2.30. The second-order valence-electron chi connectivity index (χ2n) is 3.25. The maximum absolute atomic E-state index is 5.64. The summed E-state index contributed by atoms with van der Waals surface area (Å²) in [4.78, 5) is 0. The summed E-state index contributed by atoms with van der Waals surface area (Å²) in [6, 6.07) is 0. The van der Waals surface area contributed by atoms with Crippen molar-refractivity contribution in [3.63, 3.8) is 0 Å². The third-order valence-electron chi connectivity index (χ3n) is 2.34. The standard InChI is InChI=1S/C10H18O3/c1-5-8-6-7(2)9(11-3)10(12-4)13-8/h6,8-10H,5H2,1-4H3. The van der Waals surface area contributed by atoms with Gasteiger partial charge >= 0.3 is 0 Å². The molecular weight excluding hydrogens is 168 g/mol. The summed E-state index contributed by atoms with van der Waals surface area (Å²) in [5.74, 6) is 0. The summed E-state index contributed by atoms with van der Waals surface area (Å²) in [6.45, 7) is 4.14. The fraction of sp³-hybridized carbons (Fsp3) is 0.800. The van der Waals surface area contributed by atoms with E-state index in [1.165, 1.54) is 5.57 Å². The van der Waals surface area contributed by atoms with Gasteiger partial charge in [0.25, 0.3) is 0 Å². The van der Waals surface area contributed by atoms with Crippen molar-refractivity contribution in [1.29, 1.82) is 0 Å². The normalized spacial score (nSPS) is 34.5. The van der Waals surface area contributed by atoms with E-state index < -0.39 is 0 Å². The van der Waals surface area contributed by atoms with Gasteiger partial charge in [0.15, 0.2) is 6.29 Å². The van der Waals surface area contributed by atoms with Crippen LogP contribution in [-0.2, 0) is 14.2 Å². The molecule has 1 heterocycles. The lowest BCUT2D eigenvalue weighted by Gasteiger charge is -2.33. The third-order valence-corrected chi connectivity index (χ3v) is 2.34. The van der Waals surface area contributed by atoms with Crippen LogP contribution in [0.15, 0.2) is 11.6 Å². The molecule has 0 saturated carbocycles. The molecule has 3 nitrogen and oxygen atoms in total. The molecule has 0 radical (unpaired) electrons. The minimum atomic E-state index is -0.264. The first kappa shape index (κ1) is 10.7. The Labute approximate surface area is 79.7 Å². The van der Waals surface area contributed by atoms with Gasteiger partial charge < -0.3 is 14.2 Å². The highest BCUT2D eigenvalue weighted by molar-refractivity contribution is 5.12. The van der Waals surface area contributed by atoms with Crippen LogP contribution in [0.1, 0.15) is 20.3 Å². The lowest BCUT2D eigenvalue weighted by atomic mass is 10.0. The summed E-state index contributed by atoms with van der Waals surface area (Å²) in [7, 11) is 3.31. The van der Waals surface area contributed by atoms with Crippen LogP contribution in [0.5, 0.6) is 0 Å². The van der Waals surface area contributed by atoms with E-state index >= 15 is 0 Å². The Morgan fingerprint density at radius 3 is 2.54 bits per heavy atom. The second kappa shape index (κ2) is 4.74. The molecule has 1 rings (SSSR count). The molecule has 76 valence electrons. The third kappa shape index (κ3) is 2.30. The van der Waals surface area contributed by atoms with Gasteiger partial charge in [-0.1, -0.05) is 13.0 Å². The quantitative estimate of drug-likeness (QED) is 0.628. The largest absolute Gasteiger partial charge is 0.372 e. The first-order valence-corrected chi connectivity index (χ1v) is 4.62. The Balaban J connectivity index is 2.73. The van der Waals surface area contributed by atoms with Crippen molar-refractivity contribution >= 4 is 0 Å². The van der Waals surface area contributed by atoms with Crippen molar-refractivity contribution in [1.82, 2.24) is 0 Å². The summed E-state index contributed by atoms with van der Waals surface area (Å²) >= 11 is 0. The van der Waals surface area contributed by atoms with Crippen molar-refractivity contribution in [2.75, 3.05) is 14.2 Å². The molecule has 13 heavy (non-hydrogen) atoms. The fourth-order valence-electron chi connectivity index (χ4n) is 1.58. The Morgan fingerprint density at radius 1 is 1.38 bits per heavy atom. The molecule has 0 saturated heterocycles. The molecule has 0 amide bonds. The number of hydrogen-bond donors (Lipinski definition) is 0. The van der Waals surface area contributed by atoms with E-state index in [1.54, 1.807) is 14.2 Å². The van der Waals surface area contributed by atoms with Gasteiger partial charge in [-0.3, -0.25) is 0 Å². The van der Waals surface area contributed by atoms with Crippen LogP contribution in [0.4, 0.5) is 0 Å². The maximum atomic E-state index is 5.64. The lowest BCUT2D eigenvalue weighted by Crippen LogP contribution is -2.40. The van der Waals surface area contributed by atoms with Crippen molar-refractivity contribution in [3.05, 3.63) is 11.6 Å². The highest BCUT2D eigenvalue weighted by atomic mass is 16.7. The molecule has 3 unspecified atom stereocenters. The van der Waals surface area contributed by atoms with Crippen LogP contribution in [0.3, 0.4) is 0 Å². The Bertz CT molecular complexity index is 189. The molecule has 0 bridgehead atoms. The van der Waals surface area contributed by atoms with E-state index in [-0.39, 0.29) is 18.5 Å². The Kier molecular flexibility index (Phi) is 3.90. The summed E-state index contributed by atoms with van der Waals surface area (Å²) < 4.78 is 16.1. The van der Waals surface area contributed by atoms with Crippen molar-refractivity contribution < 1.29 is 14.2 Å². The van der Waals surface area contributed by atoms with Crippen LogP contribution in [-0.4, -0.2) is 32.7 Å². The maximum Gasteiger partial charge on any atom is 0.187 e. The van der Waals surface area contributed by atoms with E-state index in [9.17, 15) is 0 Å². The van der Waals surface area contributed by atoms with E-state index in [4.69, 9.17) is 14.2 Å². The average molecular weight is 186 g/mol. The molecular formula is C10H18O3. The van der Waals surface area contributed by atoms with Gasteiger partial charge in [0.2, 0.25) is 0 Å². The predicted octanol–water partition coefficient (Wildman–Crippen LogP) is 1.73. The van der Waals surface area contributed by atoms with Gasteiger partial charge in [-0.15, -0.1) is 0 Å². The summed E-state index contributed by atoms with van der Waals surface area (Å²) in [5, 5.41) is 0. The molecule has 0 fully saturated rings. The van der Waals surface area contributed by atoms with E-state index in [2.05, 4.69) is 13.0 Å². The molecule has 1 aliphatic rings. The van der Waals surface area contributed by atoms with Gasteiger partial charge in [0.05, 0.1) is 6.10 Å². The summed E-state index contributed by atoms with van der Waals surface area (Å²) in [6.07, 6.45) is 2.90. The van der Waals surface area contributed by atoms with Crippen molar-refractivity contribution in [2.24, 2.45) is 0 Å². The molecule has 0 N–H and O–H groups in total. The number of hydrogen-bond acceptors (Lipinski definition) is 3. The fourth-order valence-corrected chi connectivity index (χ4v) is 1.58. The first-order valence-electron chi connectivity index (χ1n) is 4.62. The number of rotatable bonds is 3. The Hall–Kier alpha value is -0.380. The van der Waals surface area contributed by atoms with Crippen LogP contribution in [0.25, 0.3) is 0 Å². The smallest absolute Gasteiger partial charge is 0.187 e. The van der Waals surface area contributed by atoms with Crippen LogP contribution in [0, 0.1) is 0 Å². The van der Waals surface area contributed by atoms with Gasteiger partial charge in [-0.2, -0.15) is 0 Å². The first-order chi connectivity index (χ1) is 6.22. The summed E-state index contributed by atoms with van der Waals surface area (Å²) in [5.41, 5.74) is 1.19. The zero-order valence-corrected chi connectivity index (χ0v) is 8.74. The van der Waals surface area contributed by atoms with Crippen LogP contribution in [0.2, 0.25) is 0 Å². The molecule has 0 aromatic heterocycles. The molecule has 0 aliphatic carbocycles. The topological polar surface area (TPSA) is 27.7 Å². The average Bonchev–Trinajstić information content (AvgIpc) is 2.16. The minimum Gasteiger partial charge on any atom is -0.372 e. The van der Waals surface area contributed by atoms with Crippen LogP contribution >= 0.6 is 0 Å². The molecule has 0 spiro atoms. The predicted molar refractivity (Wildman–Crippen MR) is 50.5 cm³/mol. The highest BCUT2D eigenvalue weighted by Crippen LogP contribution is 2.23. The zero-order chi connectivity index (χ0) is 9.84. The SMILES string of the molecule is CCC1C=C(C)C(OC)C(OC)O1. The molecule has 3 atom stereocenters. The van der Waals surface area contributed by atoms with E-state index in [0.717, 1.165) is 6.42 Å². The number of methoxy groups -OCH3 is 2. The molecule has 3 heteroatoms. The van der Waals surface area contributed by atoms with Crippen molar-refractivity contribution in [3.8, 4) is 0 Å². The van der Waals surface area contributed by atoms with Gasteiger partial charge in [-0.25, -0.2) is 0 Å². The van der Waals surface area contributed by atoms with Gasteiger partial charge in [0.1, 0.15) is 6.10 Å². The molecule has 0 aromatic rings. The molecule has 1 aliphatic heterocycles. The molecule has 0 aromatic carbocycles. The Morgan fingerprint density at radius 2 is 2.08 bits per heavy atom. The van der Waals surface area contributed by atoms with Gasteiger partial charge in [-0.05, 0) is 18.9 Å². The van der Waals surface area contributed by atoms with Gasteiger partial charge in [0, 0.05) is 14.2 Å². The number of ether oxygens (including phenoxy) is 3. The van der Waals surface area contributed by atoms with E-state index in [1.807, 2.05) is 6.92 Å². The monoisotopic (exact) mass is 186 g/mol. The van der Waals surface area contributed by atoms with Crippen LogP contribution < -0.4 is 0 Å². The minimum absolute atomic E-state index is 0.0622. The van der Waals surface area contributed by atoms with Crippen molar-refractivity contribution in [2.45, 2.75) is 38.8 Å².